The Morgan fingerprint density at radius 3 is 2.79 bits per heavy atom. The Balaban J connectivity index is 1.56. The highest BCUT2D eigenvalue weighted by Gasteiger charge is 2.41. The number of nitrogens with zero attached hydrogens (tertiary/aromatic N) is 4. The molecule has 1 aromatic heterocycles. The van der Waals surface area contributed by atoms with Gasteiger partial charge in [0.1, 0.15) is 18.3 Å². The molecule has 0 unspecified atom stereocenters. The van der Waals surface area contributed by atoms with Crippen molar-refractivity contribution in [2.75, 3.05) is 13.2 Å². The monoisotopic (exact) mass is 338 g/mol. The van der Waals surface area contributed by atoms with Gasteiger partial charge >= 0.3 is 6.18 Å². The van der Waals surface area contributed by atoms with Crippen LogP contribution in [0.3, 0.4) is 0 Å². The first kappa shape index (κ1) is 15.0. The number of aromatic nitrogens is 3. The van der Waals surface area contributed by atoms with Gasteiger partial charge < -0.3 is 14.2 Å². The van der Waals surface area contributed by atoms with Crippen molar-refractivity contribution in [2.45, 2.75) is 25.2 Å². The van der Waals surface area contributed by atoms with Gasteiger partial charge in [0.25, 0.3) is 0 Å². The van der Waals surface area contributed by atoms with Gasteiger partial charge in [-0.05, 0) is 6.07 Å². The summed E-state index contributed by atoms with van der Waals surface area (Å²) in [5.41, 5.74) is 0.811. The number of hydrogen-bond acceptors (Lipinski definition) is 4. The first-order valence-electron chi connectivity index (χ1n) is 7.45. The smallest absolute Gasteiger partial charge is 0.451 e. The lowest BCUT2D eigenvalue weighted by atomic mass is 9.99. The van der Waals surface area contributed by atoms with Crippen LogP contribution in [0.2, 0.25) is 0 Å². The molecule has 0 aliphatic carbocycles. The van der Waals surface area contributed by atoms with E-state index in [4.69, 9.17) is 4.74 Å². The molecule has 1 aromatic carbocycles. The number of fused-ring (bicyclic) bond motifs is 2. The molecular formula is C15H13F3N4O2. The average Bonchev–Trinajstić information content (AvgIpc) is 3.17. The first-order chi connectivity index (χ1) is 11.4. The first-order valence-corrected chi connectivity index (χ1v) is 7.45. The van der Waals surface area contributed by atoms with Crippen LogP contribution in [0.15, 0.2) is 24.3 Å². The Bertz CT molecular complexity index is 802. The number of alkyl halides is 3. The molecule has 0 spiro atoms. The van der Waals surface area contributed by atoms with Crippen molar-refractivity contribution in [3.05, 3.63) is 41.5 Å². The maximum absolute atomic E-state index is 12.9. The summed E-state index contributed by atoms with van der Waals surface area (Å²) in [5.74, 6) is -0.788. The molecular weight excluding hydrogens is 325 g/mol. The summed E-state index contributed by atoms with van der Waals surface area (Å²) in [5, 5.41) is 6.82. The summed E-state index contributed by atoms with van der Waals surface area (Å²) in [4.78, 5) is 14.3. The Labute approximate surface area is 134 Å². The number of para-hydroxylation sites is 1. The molecule has 0 saturated carbocycles. The lowest BCUT2D eigenvalue weighted by Crippen LogP contribution is -2.42. The molecule has 0 bridgehead atoms. The van der Waals surface area contributed by atoms with Crippen LogP contribution in [0.25, 0.3) is 0 Å². The molecule has 3 heterocycles. The van der Waals surface area contributed by atoms with Crippen molar-refractivity contribution in [3.8, 4) is 5.75 Å². The quantitative estimate of drug-likeness (QED) is 0.796. The molecule has 0 radical (unpaired) electrons. The number of carbonyl (C=O) groups excluding carboxylic acids is 1. The molecule has 0 saturated heterocycles. The summed E-state index contributed by atoms with van der Waals surface area (Å²) in [6, 6.07) is 7.29. The van der Waals surface area contributed by atoms with Gasteiger partial charge in [-0.15, -0.1) is 10.2 Å². The Hall–Kier alpha value is -2.58. The van der Waals surface area contributed by atoms with Gasteiger partial charge in [0.05, 0.1) is 6.54 Å². The molecule has 2 aliphatic rings. The van der Waals surface area contributed by atoms with E-state index in [1.165, 1.54) is 4.90 Å². The molecule has 9 heteroatoms. The molecule has 0 N–H and O–H groups in total. The third-order valence-electron chi connectivity index (χ3n) is 4.32. The minimum Gasteiger partial charge on any atom is -0.492 e. The predicted molar refractivity (Wildman–Crippen MR) is 75.1 cm³/mol. The van der Waals surface area contributed by atoms with E-state index in [2.05, 4.69) is 10.2 Å². The van der Waals surface area contributed by atoms with E-state index < -0.39 is 17.9 Å². The number of benzene rings is 1. The van der Waals surface area contributed by atoms with Crippen molar-refractivity contribution in [2.24, 2.45) is 0 Å². The van der Waals surface area contributed by atoms with Gasteiger partial charge in [-0.25, -0.2) is 0 Å². The number of hydrogen-bond donors (Lipinski definition) is 0. The van der Waals surface area contributed by atoms with E-state index in [0.717, 1.165) is 10.1 Å². The zero-order valence-electron chi connectivity index (χ0n) is 12.5. The predicted octanol–water partition coefficient (Wildman–Crippen LogP) is 1.82. The molecule has 1 amide bonds. The van der Waals surface area contributed by atoms with Crippen molar-refractivity contribution in [1.29, 1.82) is 0 Å². The van der Waals surface area contributed by atoms with Gasteiger partial charge in [-0.1, -0.05) is 18.2 Å². The number of halogens is 3. The summed E-state index contributed by atoms with van der Waals surface area (Å²) < 4.78 is 45.1. The number of ether oxygens (including phenoxy) is 1. The maximum atomic E-state index is 12.9. The van der Waals surface area contributed by atoms with Crippen LogP contribution >= 0.6 is 0 Å². The second-order valence-electron chi connectivity index (χ2n) is 5.75. The molecule has 1 atom stereocenters. The summed E-state index contributed by atoms with van der Waals surface area (Å²) in [6.07, 6.45) is -4.55. The maximum Gasteiger partial charge on any atom is 0.451 e. The van der Waals surface area contributed by atoms with Crippen molar-refractivity contribution in [1.82, 2.24) is 19.7 Å². The second kappa shape index (κ2) is 5.22. The largest absolute Gasteiger partial charge is 0.492 e. The number of amides is 1. The minimum atomic E-state index is -4.55. The van der Waals surface area contributed by atoms with Crippen LogP contribution in [-0.4, -0.2) is 38.7 Å². The molecule has 2 aromatic rings. The molecule has 126 valence electrons. The highest BCUT2D eigenvalue weighted by Crippen LogP contribution is 2.35. The zero-order valence-corrected chi connectivity index (χ0v) is 12.5. The van der Waals surface area contributed by atoms with Crippen LogP contribution in [0.1, 0.15) is 23.1 Å². The van der Waals surface area contributed by atoms with E-state index in [0.29, 0.717) is 5.75 Å². The summed E-state index contributed by atoms with van der Waals surface area (Å²) in [7, 11) is 0. The van der Waals surface area contributed by atoms with Gasteiger partial charge in [-0.3, -0.25) is 4.79 Å². The van der Waals surface area contributed by atoms with Gasteiger partial charge in [-0.2, -0.15) is 13.2 Å². The van der Waals surface area contributed by atoms with Crippen LogP contribution < -0.4 is 4.74 Å². The fraction of sp³-hybridized carbons (Fsp3) is 0.400. The molecule has 24 heavy (non-hydrogen) atoms. The Morgan fingerprint density at radius 2 is 2.00 bits per heavy atom. The lowest BCUT2D eigenvalue weighted by molar-refractivity contribution is -0.148. The lowest BCUT2D eigenvalue weighted by Gasteiger charge is -2.29. The minimum absolute atomic E-state index is 0.0145. The van der Waals surface area contributed by atoms with Gasteiger partial charge in [0.15, 0.2) is 5.82 Å². The normalized spacial score (nSPS) is 19.6. The van der Waals surface area contributed by atoms with E-state index in [9.17, 15) is 18.0 Å². The van der Waals surface area contributed by atoms with Crippen molar-refractivity contribution in [3.63, 3.8) is 0 Å². The summed E-state index contributed by atoms with van der Waals surface area (Å²) in [6.45, 7) is 0.472. The highest BCUT2D eigenvalue weighted by molar-refractivity contribution is 5.85. The molecule has 4 rings (SSSR count). The van der Waals surface area contributed by atoms with E-state index >= 15 is 0 Å². The molecule has 2 aliphatic heterocycles. The molecule has 6 nitrogen and oxygen atoms in total. The Kier molecular flexibility index (Phi) is 3.26. The van der Waals surface area contributed by atoms with Crippen LogP contribution in [0, 0.1) is 0 Å². The highest BCUT2D eigenvalue weighted by atomic mass is 19.4. The van der Waals surface area contributed by atoms with Gasteiger partial charge in [0.2, 0.25) is 11.7 Å². The second-order valence-corrected chi connectivity index (χ2v) is 5.75. The van der Waals surface area contributed by atoms with Gasteiger partial charge in [0, 0.05) is 18.7 Å². The third-order valence-corrected chi connectivity index (χ3v) is 4.32. The van der Waals surface area contributed by atoms with E-state index in [1.807, 2.05) is 18.2 Å². The SMILES string of the molecule is O=C([C@@H]1COc2ccccc21)N1CCn2c(nnc2C(F)(F)F)C1. The fourth-order valence-electron chi connectivity index (χ4n) is 3.14. The zero-order chi connectivity index (χ0) is 16.9. The number of carbonyl (C=O) groups is 1. The topological polar surface area (TPSA) is 60.2 Å². The van der Waals surface area contributed by atoms with Crippen LogP contribution in [0.4, 0.5) is 13.2 Å². The molecule has 0 fully saturated rings. The fourth-order valence-corrected chi connectivity index (χ4v) is 3.14. The summed E-state index contributed by atoms with van der Waals surface area (Å²) >= 11 is 0. The number of rotatable bonds is 1. The van der Waals surface area contributed by atoms with Crippen LogP contribution in [0.5, 0.6) is 5.75 Å². The average molecular weight is 338 g/mol. The van der Waals surface area contributed by atoms with E-state index in [1.54, 1.807) is 6.07 Å². The van der Waals surface area contributed by atoms with E-state index in [-0.39, 0.29) is 38.0 Å². The van der Waals surface area contributed by atoms with Crippen LogP contribution in [-0.2, 0) is 24.1 Å². The standard InChI is InChI=1S/C15H13F3N4O2/c16-15(17,18)14-20-19-12-7-21(5-6-22(12)14)13(23)10-8-24-11-4-2-1-3-9(10)11/h1-4,10H,5-8H2/t10-/m1/s1. The van der Waals surface area contributed by atoms with Crippen molar-refractivity contribution < 1.29 is 22.7 Å². The third kappa shape index (κ3) is 2.31. The Morgan fingerprint density at radius 1 is 1.21 bits per heavy atom. The van der Waals surface area contributed by atoms with Crippen molar-refractivity contribution >= 4 is 5.91 Å².